The van der Waals surface area contributed by atoms with Crippen LogP contribution in [0.2, 0.25) is 0 Å². The van der Waals surface area contributed by atoms with Crippen molar-refractivity contribution in [1.29, 1.82) is 0 Å². The molecule has 3 aliphatic rings. The quantitative estimate of drug-likeness (QED) is 0.0135. The molecule has 0 radical (unpaired) electrons. The Labute approximate surface area is 621 Å². The number of carbonyl (C=O) groups is 4. The van der Waals surface area contributed by atoms with Gasteiger partial charge in [-0.3, -0.25) is 51.7 Å². The highest BCUT2D eigenvalue weighted by atomic mass is 32.2. The maximum atomic E-state index is 14.5. The lowest BCUT2D eigenvalue weighted by atomic mass is 9.78. The van der Waals surface area contributed by atoms with E-state index in [0.29, 0.717) is 66.1 Å². The first-order valence-electron chi connectivity index (χ1n) is 33.5. The maximum Gasteiger partial charge on any atom is 0.490 e. The maximum absolute atomic E-state index is 14.5. The van der Waals surface area contributed by atoms with Crippen LogP contribution in [0.5, 0.6) is 0 Å². The number of phosphoric ester groups is 2. The van der Waals surface area contributed by atoms with Crippen LogP contribution < -0.4 is 37.4 Å². The molecule has 8 unspecified atom stereocenters. The smallest absolute Gasteiger partial charge is 0.390 e. The molecule has 0 bridgehead atoms. The van der Waals surface area contributed by atoms with Gasteiger partial charge in [-0.1, -0.05) is 52.7 Å². The van der Waals surface area contributed by atoms with Crippen molar-refractivity contribution in [2.45, 2.75) is 161 Å². The van der Waals surface area contributed by atoms with Crippen LogP contribution >= 0.6 is 46.9 Å². The summed E-state index contributed by atoms with van der Waals surface area (Å²) < 4.78 is 178. The largest absolute Gasteiger partial charge is 0.490 e. The van der Waals surface area contributed by atoms with Gasteiger partial charge in [0, 0.05) is 109 Å². The van der Waals surface area contributed by atoms with Gasteiger partial charge in [-0.15, -0.1) is 0 Å². The molecule has 3 aromatic rings. The first kappa shape index (κ1) is 91.4. The Morgan fingerprint density at radius 2 is 1.31 bits per heavy atom. The summed E-state index contributed by atoms with van der Waals surface area (Å²) in [7, 11) is -46.3. The minimum Gasteiger partial charge on any atom is -0.390 e. The highest BCUT2D eigenvalue weighted by Gasteiger charge is 2.52. The molecule has 4 amide bonds. The van der Waals surface area contributed by atoms with E-state index in [2.05, 4.69) is 51.9 Å². The zero-order chi connectivity index (χ0) is 81.0. The van der Waals surface area contributed by atoms with Gasteiger partial charge in [0.05, 0.1) is 47.4 Å². The topological polar surface area (TPSA) is 604 Å². The molecule has 0 spiro atoms. The monoisotopic (exact) mass is 1690 g/mol. The predicted molar refractivity (Wildman–Crippen MR) is 385 cm³/mol. The van der Waals surface area contributed by atoms with Gasteiger partial charge in [-0.2, -0.15) is 43.0 Å². The van der Waals surface area contributed by atoms with E-state index in [4.69, 9.17) is 4.74 Å². The highest BCUT2D eigenvalue weighted by Crippen LogP contribution is 2.75. The number of aromatic amines is 1. The third-order valence-electron chi connectivity index (χ3n) is 16.8. The normalized spacial score (nSPS) is 21.0. The van der Waals surface area contributed by atoms with Crippen LogP contribution in [0.3, 0.4) is 0 Å². The van der Waals surface area contributed by atoms with Gasteiger partial charge in [0.1, 0.15) is 18.9 Å². The number of anilines is 1. The average molecular weight is 1690 g/mol. The molecule has 606 valence electrons. The molecule has 3 aliphatic heterocycles. The molecule has 10 atom stereocenters. The number of hydrogen-bond acceptors (Lipinski definition) is 26. The number of nitrogens with zero attached hydrogens (tertiary/aromatic N) is 3. The van der Waals surface area contributed by atoms with E-state index < -0.39 is 156 Å². The van der Waals surface area contributed by atoms with E-state index in [1.165, 1.54) is 13.0 Å². The van der Waals surface area contributed by atoms with E-state index >= 15 is 0 Å². The molecule has 108 heavy (non-hydrogen) atoms. The number of aliphatic hydroxyl groups excluding tert-OH is 1. The number of fused-ring (bicyclic) bond motifs is 2. The standard InChI is InChI=1S/C59H90N8O33P6S2/c1-9-26-62-55(72)42-33-39(54(71)60-11-3)34-44-52(42)59(7,8)48(66(44)29-19-32-108(90,91)92)23-17-22-47-58(5,6)51-41(20-16-21-43(51)65(47)28-18-31-107(87,88)89)56(73)63-40(10-2)24-25-49(69)61-27-14-12-13-15-30-93-101(75,76)96-103(79,80)98-105(83,84)100-106(85,86)99-104(81,82)97-102(77,78)94-37-46-45(68)35-50(95-46)67-36-38(4)53(70)64-57(67)74/h16-17,20-23,33-34,36,40,45-46,50,68H,9-15,18-19,24-32,35,37H2,1-8H3,(H12-,60,61,62,63,64,69,70,71,72,73,74,75,76,77,78,79,80,81,82,83,84,85,86,87,88,89,90,91,92)/p+1/t40?,45?,46-,50-/m1/s1. The number of nitrogens with one attached hydrogen (secondary N) is 5. The van der Waals surface area contributed by atoms with Gasteiger partial charge < -0.3 is 65.4 Å². The number of H-pyrrole nitrogens is 1. The van der Waals surface area contributed by atoms with Gasteiger partial charge >= 0.3 is 52.6 Å². The van der Waals surface area contributed by atoms with Crippen LogP contribution in [0.1, 0.15) is 173 Å². The molecule has 14 N–H and O–H groups in total. The lowest BCUT2D eigenvalue weighted by Gasteiger charge is -2.27. The Kier molecular flexibility index (Phi) is 31.7. The number of allylic oxidation sites excluding steroid dienone is 4. The Hall–Kier alpha value is -5.45. The summed E-state index contributed by atoms with van der Waals surface area (Å²) in [6.45, 7) is 13.3. The number of benzene rings is 2. The number of amides is 4. The fraction of sp³-hybridized carbons (Fsp3) is 0.576. The SMILES string of the molecule is CCCNC(=O)c1cc(C(=O)NCC)cc2c1C(C)(C)C(=CC=CC1=[N+](CCCS(=O)(=O)O)c3cccc(C(=O)NC(CC)CCC(=O)NCCCCCCOP(=O)(O)OP(=O)(O)OP(=O)(O)OP(=O)(O)OP(=O)(O)OP(=O)(O)OC[C@H]4O[C@@H](n5cc(C)c(=O)[nH]c5=O)CC4O)c3C1(C)C)N2CCCS(=O)(=O)O. The number of rotatable bonds is 43. The Morgan fingerprint density at radius 3 is 1.91 bits per heavy atom. The van der Waals surface area contributed by atoms with Gasteiger partial charge in [-0.25, -0.2) is 32.2 Å². The van der Waals surface area contributed by atoms with Crippen molar-refractivity contribution < 1.29 is 147 Å². The third kappa shape index (κ3) is 26.3. The summed E-state index contributed by atoms with van der Waals surface area (Å²) in [6.07, 6.45) is 3.64. The second-order valence-electron chi connectivity index (χ2n) is 26.0. The van der Waals surface area contributed by atoms with E-state index in [9.17, 15) is 117 Å². The first-order valence-corrected chi connectivity index (χ1v) is 45.7. The zero-order valence-corrected chi connectivity index (χ0v) is 66.8. The number of aromatic nitrogens is 2. The summed E-state index contributed by atoms with van der Waals surface area (Å²) in [5.74, 6) is -2.93. The Bertz CT molecular complexity index is 4620. The summed E-state index contributed by atoms with van der Waals surface area (Å²) in [4.78, 5) is 142. The third-order valence-corrected chi connectivity index (χ3v) is 27.7. The molecule has 4 heterocycles. The lowest BCUT2D eigenvalue weighted by molar-refractivity contribution is -0.437. The fourth-order valence-corrected chi connectivity index (χ4v) is 20.9. The molecular weight excluding hydrogens is 1600 g/mol. The molecule has 2 aromatic carbocycles. The number of aliphatic hydroxyl groups is 1. The van der Waals surface area contributed by atoms with Crippen LogP contribution in [0.15, 0.2) is 70.0 Å². The predicted octanol–water partition coefficient (Wildman–Crippen LogP) is 5.94. The second-order valence-corrected chi connectivity index (χ2v) is 38.6. The van der Waals surface area contributed by atoms with Crippen LogP contribution in [-0.2, 0) is 98.6 Å². The van der Waals surface area contributed by atoms with E-state index in [1.807, 2.05) is 44.2 Å². The van der Waals surface area contributed by atoms with Crippen molar-refractivity contribution in [3.8, 4) is 0 Å². The molecular formula is C59H91N8O33P6S2+. The number of phosphoric acid groups is 6. The minimum atomic E-state index is -6.58. The minimum absolute atomic E-state index is 0.0255. The molecule has 1 aromatic heterocycles. The molecule has 1 saturated heterocycles. The van der Waals surface area contributed by atoms with Crippen LogP contribution in [-0.4, -0.2) is 180 Å². The molecule has 49 heteroatoms. The Morgan fingerprint density at radius 1 is 0.722 bits per heavy atom. The van der Waals surface area contributed by atoms with Gasteiger partial charge in [-0.05, 0) is 90.5 Å². The van der Waals surface area contributed by atoms with Crippen molar-refractivity contribution in [2.24, 2.45) is 0 Å². The number of unbranched alkanes of at least 4 members (excludes halogenated alkanes) is 3. The number of aryl methyl sites for hydroxylation is 1. The van der Waals surface area contributed by atoms with Gasteiger partial charge in [0.2, 0.25) is 11.6 Å². The summed E-state index contributed by atoms with van der Waals surface area (Å²) in [5, 5.41) is 21.8. The van der Waals surface area contributed by atoms with Gasteiger partial charge in [0.15, 0.2) is 5.71 Å². The summed E-state index contributed by atoms with van der Waals surface area (Å²) in [6, 6.07) is 7.67. The first-order chi connectivity index (χ1) is 49.9. The number of ether oxygens (including phenoxy) is 1. The van der Waals surface area contributed by atoms with E-state index in [0.717, 1.165) is 10.8 Å². The highest BCUT2D eigenvalue weighted by molar-refractivity contribution is 7.86. The van der Waals surface area contributed by atoms with Crippen molar-refractivity contribution in [3.05, 3.63) is 115 Å². The Balaban J connectivity index is 0.994. The molecule has 1 fully saturated rings. The zero-order valence-electron chi connectivity index (χ0n) is 59.8. The molecule has 6 rings (SSSR count). The summed E-state index contributed by atoms with van der Waals surface area (Å²) >= 11 is 0. The van der Waals surface area contributed by atoms with Crippen molar-refractivity contribution in [2.75, 3.05) is 62.3 Å². The molecule has 0 saturated carbocycles. The second kappa shape index (κ2) is 37.5. The summed E-state index contributed by atoms with van der Waals surface area (Å²) in [5.41, 5.74) is 0.405. The van der Waals surface area contributed by atoms with Gasteiger partial charge in [0.25, 0.3) is 43.5 Å². The fourth-order valence-electron chi connectivity index (χ4n) is 12.1. The molecule has 0 aliphatic carbocycles. The lowest BCUT2D eigenvalue weighted by Crippen LogP contribution is -2.37. The number of carbonyl (C=O) groups excluding carboxylic acids is 4. The van der Waals surface area contributed by atoms with Crippen LogP contribution in [0.4, 0.5) is 11.4 Å². The van der Waals surface area contributed by atoms with Crippen LogP contribution in [0.25, 0.3) is 0 Å². The van der Waals surface area contributed by atoms with Crippen molar-refractivity contribution in [1.82, 2.24) is 30.8 Å². The number of hydrogen-bond donors (Lipinski definition) is 14. The van der Waals surface area contributed by atoms with E-state index in [-0.39, 0.29) is 99.3 Å². The van der Waals surface area contributed by atoms with Crippen molar-refractivity contribution in [3.63, 3.8) is 0 Å². The van der Waals surface area contributed by atoms with E-state index in [1.54, 1.807) is 61.2 Å². The molecule has 41 nitrogen and oxygen atoms in total. The van der Waals surface area contributed by atoms with Crippen LogP contribution in [0, 0.1) is 6.92 Å². The van der Waals surface area contributed by atoms with Crippen molar-refractivity contribution >= 4 is 108 Å². The average Bonchev–Trinajstić information content (AvgIpc) is 1.58.